The van der Waals surface area contributed by atoms with Crippen molar-refractivity contribution in [1.82, 2.24) is 0 Å². The first-order valence-corrected chi connectivity index (χ1v) is 9.20. The van der Waals surface area contributed by atoms with Crippen LogP contribution in [0.1, 0.15) is 24.0 Å². The van der Waals surface area contributed by atoms with E-state index in [1.54, 1.807) is 32.4 Å². The van der Waals surface area contributed by atoms with E-state index in [1.807, 2.05) is 17.0 Å². The third kappa shape index (κ3) is 4.86. The van der Waals surface area contributed by atoms with Crippen molar-refractivity contribution in [3.05, 3.63) is 47.5 Å². The topological polar surface area (TPSA) is 57.5 Å². The van der Waals surface area contributed by atoms with Crippen LogP contribution in [0.4, 0.5) is 24.5 Å². The molecule has 0 saturated carbocycles. The number of nitrogens with zero attached hydrogens (tertiary/aromatic N) is 2. The number of hydrogen-bond donors (Lipinski definition) is 1. The molecule has 5 nitrogen and oxygen atoms in total. The minimum Gasteiger partial charge on any atom is -0.497 e. The average Bonchev–Trinajstić information content (AvgIpc) is 2.72. The fourth-order valence-corrected chi connectivity index (χ4v) is 3.47. The second-order valence-electron chi connectivity index (χ2n) is 6.85. The highest BCUT2D eigenvalue weighted by Crippen LogP contribution is 2.35. The molecule has 1 N–H and O–H groups in total. The Hall–Kier alpha value is -3.08. The summed E-state index contributed by atoms with van der Waals surface area (Å²) in [4.78, 5) is 1.92. The van der Waals surface area contributed by atoms with Crippen LogP contribution in [0.2, 0.25) is 0 Å². The number of ether oxygens (including phenoxy) is 2. The zero-order valence-corrected chi connectivity index (χ0v) is 16.2. The molecule has 1 fully saturated rings. The number of nitrogens with one attached hydrogen (secondary N) is 1. The second kappa shape index (κ2) is 8.52. The number of piperidine rings is 1. The van der Waals surface area contributed by atoms with E-state index in [1.165, 1.54) is 6.07 Å². The molecule has 1 saturated heterocycles. The quantitative estimate of drug-likeness (QED) is 0.783. The zero-order chi connectivity index (χ0) is 21.0. The summed E-state index contributed by atoms with van der Waals surface area (Å²) in [5, 5.41) is 12.4. The Kier molecular flexibility index (Phi) is 6.06. The van der Waals surface area contributed by atoms with Crippen LogP contribution in [0, 0.1) is 11.3 Å². The average molecular weight is 405 g/mol. The summed E-state index contributed by atoms with van der Waals surface area (Å²) in [6.07, 6.45) is -3.02. The molecule has 0 spiro atoms. The fourth-order valence-electron chi connectivity index (χ4n) is 3.47. The van der Waals surface area contributed by atoms with Crippen LogP contribution in [-0.2, 0) is 6.18 Å². The number of methoxy groups -OCH3 is 2. The van der Waals surface area contributed by atoms with Crippen molar-refractivity contribution >= 4 is 11.4 Å². The first kappa shape index (κ1) is 20.6. The number of benzene rings is 2. The molecule has 8 heteroatoms. The van der Waals surface area contributed by atoms with Gasteiger partial charge < -0.3 is 19.7 Å². The van der Waals surface area contributed by atoms with Gasteiger partial charge in [-0.3, -0.25) is 0 Å². The summed E-state index contributed by atoms with van der Waals surface area (Å²) in [7, 11) is 3.17. The molecule has 1 aliphatic heterocycles. The van der Waals surface area contributed by atoms with E-state index < -0.39 is 11.7 Å². The third-order valence-corrected chi connectivity index (χ3v) is 5.01. The Balaban J connectivity index is 1.68. The fraction of sp³-hybridized carbons (Fsp3) is 0.381. The largest absolute Gasteiger partial charge is 0.497 e. The summed E-state index contributed by atoms with van der Waals surface area (Å²) >= 11 is 0. The lowest BCUT2D eigenvalue weighted by atomic mass is 10.0. The lowest BCUT2D eigenvalue weighted by molar-refractivity contribution is -0.137. The smallest absolute Gasteiger partial charge is 0.417 e. The van der Waals surface area contributed by atoms with Gasteiger partial charge in [-0.2, -0.15) is 18.4 Å². The minimum absolute atomic E-state index is 0.184. The molecular formula is C21H22F3N3O2. The molecule has 1 aliphatic rings. The van der Waals surface area contributed by atoms with Gasteiger partial charge in [-0.05, 0) is 31.0 Å². The molecule has 154 valence electrons. The molecule has 0 unspecified atom stereocenters. The van der Waals surface area contributed by atoms with E-state index in [0.29, 0.717) is 30.3 Å². The highest BCUT2D eigenvalue weighted by atomic mass is 19.4. The van der Waals surface area contributed by atoms with Crippen LogP contribution in [-0.4, -0.2) is 33.4 Å². The number of alkyl halides is 3. The first-order valence-electron chi connectivity index (χ1n) is 9.20. The van der Waals surface area contributed by atoms with Crippen LogP contribution in [0.5, 0.6) is 11.5 Å². The molecule has 0 aromatic heterocycles. The second-order valence-corrected chi connectivity index (χ2v) is 6.85. The van der Waals surface area contributed by atoms with Gasteiger partial charge in [0.25, 0.3) is 0 Å². The maximum atomic E-state index is 13.2. The Morgan fingerprint density at radius 1 is 1.03 bits per heavy atom. The summed E-state index contributed by atoms with van der Waals surface area (Å²) in [5.41, 5.74) is 0.112. The molecule has 0 bridgehead atoms. The van der Waals surface area contributed by atoms with Gasteiger partial charge in [-0.25, -0.2) is 0 Å². The van der Waals surface area contributed by atoms with Crippen LogP contribution in [0.3, 0.4) is 0 Å². The Morgan fingerprint density at radius 3 is 2.17 bits per heavy atom. The molecule has 2 aromatic rings. The van der Waals surface area contributed by atoms with Gasteiger partial charge in [-0.15, -0.1) is 0 Å². The van der Waals surface area contributed by atoms with Crippen LogP contribution >= 0.6 is 0 Å². The number of hydrogen-bond acceptors (Lipinski definition) is 5. The first-order chi connectivity index (χ1) is 13.8. The molecule has 3 rings (SSSR count). The van der Waals surface area contributed by atoms with Crippen molar-refractivity contribution in [3.8, 4) is 17.6 Å². The van der Waals surface area contributed by atoms with Crippen molar-refractivity contribution in [2.75, 3.05) is 37.5 Å². The highest BCUT2D eigenvalue weighted by Gasteiger charge is 2.34. The predicted octanol–water partition coefficient (Wildman–Crippen LogP) is 4.68. The number of anilines is 2. The summed E-state index contributed by atoms with van der Waals surface area (Å²) in [6, 6.07) is 11.2. The molecular weight excluding hydrogens is 383 g/mol. The van der Waals surface area contributed by atoms with E-state index in [0.717, 1.165) is 24.6 Å². The SMILES string of the molecule is COc1cc(NC2CCN(c3ccc(C#N)c(C(F)(F)F)c3)CC2)cc(OC)c1. The van der Waals surface area contributed by atoms with Gasteiger partial charge >= 0.3 is 6.18 Å². The van der Waals surface area contributed by atoms with E-state index in [2.05, 4.69) is 5.32 Å². The van der Waals surface area contributed by atoms with Crippen molar-refractivity contribution in [1.29, 1.82) is 5.26 Å². The van der Waals surface area contributed by atoms with Gasteiger partial charge in [-0.1, -0.05) is 0 Å². The molecule has 29 heavy (non-hydrogen) atoms. The van der Waals surface area contributed by atoms with Crippen molar-refractivity contribution in [2.24, 2.45) is 0 Å². The molecule has 0 aliphatic carbocycles. The Labute approximate surface area is 167 Å². The highest BCUT2D eigenvalue weighted by molar-refractivity contribution is 5.56. The lowest BCUT2D eigenvalue weighted by Crippen LogP contribution is -2.39. The van der Waals surface area contributed by atoms with E-state index >= 15 is 0 Å². The van der Waals surface area contributed by atoms with Gasteiger partial charge in [0.15, 0.2) is 0 Å². The lowest BCUT2D eigenvalue weighted by Gasteiger charge is -2.34. The molecule has 2 aromatic carbocycles. The summed E-state index contributed by atoms with van der Waals surface area (Å²) < 4.78 is 50.2. The van der Waals surface area contributed by atoms with Crippen molar-refractivity contribution < 1.29 is 22.6 Å². The van der Waals surface area contributed by atoms with Crippen molar-refractivity contribution in [3.63, 3.8) is 0 Å². The number of nitriles is 1. The predicted molar refractivity (Wildman–Crippen MR) is 105 cm³/mol. The monoisotopic (exact) mass is 405 g/mol. The van der Waals surface area contributed by atoms with Crippen molar-refractivity contribution in [2.45, 2.75) is 25.1 Å². The van der Waals surface area contributed by atoms with E-state index in [-0.39, 0.29) is 11.6 Å². The summed E-state index contributed by atoms with van der Waals surface area (Å²) in [6.45, 7) is 1.23. The standard InChI is InChI=1S/C21H22F3N3O2/c1-28-18-9-16(10-19(12-18)29-2)26-15-5-7-27(8-6-15)17-4-3-14(13-25)20(11-17)21(22,23)24/h3-4,9-12,15,26H,5-8H2,1-2H3. The van der Waals surface area contributed by atoms with Crippen LogP contribution in [0.25, 0.3) is 0 Å². The van der Waals surface area contributed by atoms with Crippen LogP contribution < -0.4 is 19.7 Å². The van der Waals surface area contributed by atoms with E-state index in [4.69, 9.17) is 14.7 Å². The molecule has 0 amide bonds. The van der Waals surface area contributed by atoms with E-state index in [9.17, 15) is 13.2 Å². The molecule has 1 heterocycles. The van der Waals surface area contributed by atoms with Gasteiger partial charge in [0.05, 0.1) is 31.4 Å². The van der Waals surface area contributed by atoms with Gasteiger partial charge in [0, 0.05) is 48.7 Å². The normalized spacial score (nSPS) is 15.0. The number of rotatable bonds is 5. The third-order valence-electron chi connectivity index (χ3n) is 5.01. The minimum atomic E-state index is -4.55. The Bertz CT molecular complexity index is 879. The maximum absolute atomic E-state index is 13.2. The maximum Gasteiger partial charge on any atom is 0.417 e. The van der Waals surface area contributed by atoms with Crippen LogP contribution in [0.15, 0.2) is 36.4 Å². The summed E-state index contributed by atoms with van der Waals surface area (Å²) in [5.74, 6) is 1.36. The van der Waals surface area contributed by atoms with Gasteiger partial charge in [0.1, 0.15) is 11.5 Å². The van der Waals surface area contributed by atoms with Gasteiger partial charge in [0.2, 0.25) is 0 Å². The number of halogens is 3. The molecule has 0 atom stereocenters. The molecule has 0 radical (unpaired) electrons. The Morgan fingerprint density at radius 2 is 1.66 bits per heavy atom. The zero-order valence-electron chi connectivity index (χ0n) is 16.2.